The molecule has 1 saturated heterocycles. The highest BCUT2D eigenvalue weighted by Gasteiger charge is 2.27. The molecule has 1 aromatic carbocycles. The van der Waals surface area contributed by atoms with Crippen molar-refractivity contribution in [3.8, 4) is 6.07 Å². The summed E-state index contributed by atoms with van der Waals surface area (Å²) in [7, 11) is 0. The first-order valence-electron chi connectivity index (χ1n) is 9.39. The van der Waals surface area contributed by atoms with Crippen molar-refractivity contribution in [2.45, 2.75) is 13.3 Å². The number of fused-ring (bicyclic) bond motifs is 1. The Morgan fingerprint density at radius 3 is 2.61 bits per heavy atom. The summed E-state index contributed by atoms with van der Waals surface area (Å²) in [6, 6.07) is 11.3. The molecule has 28 heavy (non-hydrogen) atoms. The van der Waals surface area contributed by atoms with E-state index in [1.165, 1.54) is 0 Å². The molecule has 0 N–H and O–H groups in total. The first-order valence-corrected chi connectivity index (χ1v) is 9.39. The van der Waals surface area contributed by atoms with E-state index in [-0.39, 0.29) is 11.8 Å². The fourth-order valence-electron chi connectivity index (χ4n) is 3.90. The molecule has 0 saturated carbocycles. The summed E-state index contributed by atoms with van der Waals surface area (Å²) < 4.78 is 0. The first kappa shape index (κ1) is 18.0. The zero-order valence-electron chi connectivity index (χ0n) is 15.8. The van der Waals surface area contributed by atoms with Gasteiger partial charge in [0.25, 0.3) is 5.91 Å². The van der Waals surface area contributed by atoms with Crippen molar-refractivity contribution in [2.24, 2.45) is 0 Å². The van der Waals surface area contributed by atoms with Gasteiger partial charge in [0.2, 0.25) is 5.91 Å². The predicted molar refractivity (Wildman–Crippen MR) is 105 cm³/mol. The van der Waals surface area contributed by atoms with Crippen LogP contribution in [0.5, 0.6) is 0 Å². The molecule has 3 heterocycles. The minimum absolute atomic E-state index is 0.00486. The third-order valence-corrected chi connectivity index (χ3v) is 5.38. The van der Waals surface area contributed by atoms with Gasteiger partial charge in [-0.1, -0.05) is 0 Å². The van der Waals surface area contributed by atoms with E-state index in [9.17, 15) is 14.9 Å². The molecule has 4 rings (SSSR count). The van der Waals surface area contributed by atoms with E-state index in [0.717, 1.165) is 17.7 Å². The smallest absolute Gasteiger partial charge is 0.253 e. The number of anilines is 2. The lowest BCUT2D eigenvalue weighted by Gasteiger charge is -2.35. The Morgan fingerprint density at radius 1 is 1.11 bits per heavy atom. The molecule has 0 bridgehead atoms. The van der Waals surface area contributed by atoms with Crippen LogP contribution in [0.25, 0.3) is 0 Å². The second-order valence-corrected chi connectivity index (χ2v) is 7.03. The van der Waals surface area contributed by atoms with Crippen LogP contribution in [0.2, 0.25) is 0 Å². The Kier molecular flexibility index (Phi) is 4.70. The number of benzene rings is 1. The molecule has 0 atom stereocenters. The Bertz CT molecular complexity index is 973. The highest BCUT2D eigenvalue weighted by molar-refractivity contribution is 5.98. The average molecular weight is 375 g/mol. The van der Waals surface area contributed by atoms with Crippen molar-refractivity contribution in [3.05, 3.63) is 53.2 Å². The summed E-state index contributed by atoms with van der Waals surface area (Å²) in [5, 5.41) is 9.26. The van der Waals surface area contributed by atoms with Crippen LogP contribution in [0, 0.1) is 11.3 Å². The van der Waals surface area contributed by atoms with Crippen molar-refractivity contribution < 1.29 is 9.59 Å². The van der Waals surface area contributed by atoms with Gasteiger partial charge in [0.1, 0.15) is 11.9 Å². The summed E-state index contributed by atoms with van der Waals surface area (Å²) in [5.41, 5.74) is 3.17. The lowest BCUT2D eigenvalue weighted by atomic mass is 10.1. The number of nitrogens with zero attached hydrogens (tertiary/aromatic N) is 5. The zero-order chi connectivity index (χ0) is 19.7. The van der Waals surface area contributed by atoms with Crippen LogP contribution in [0.15, 0.2) is 36.5 Å². The summed E-state index contributed by atoms with van der Waals surface area (Å²) >= 11 is 0. The molecule has 2 amide bonds. The molecule has 0 aliphatic carbocycles. The average Bonchev–Trinajstić information content (AvgIpc) is 3.17. The minimum Gasteiger partial charge on any atom is -0.352 e. The second kappa shape index (κ2) is 7.31. The van der Waals surface area contributed by atoms with E-state index >= 15 is 0 Å². The lowest BCUT2D eigenvalue weighted by Crippen LogP contribution is -2.49. The molecular formula is C21H21N5O2. The molecule has 142 valence electrons. The van der Waals surface area contributed by atoms with Crippen molar-refractivity contribution >= 4 is 23.3 Å². The molecule has 2 aliphatic rings. The molecule has 1 fully saturated rings. The van der Waals surface area contributed by atoms with Crippen LogP contribution in [-0.2, 0) is 11.2 Å². The van der Waals surface area contributed by atoms with E-state index in [0.29, 0.717) is 49.7 Å². The van der Waals surface area contributed by atoms with Gasteiger partial charge in [0.05, 0.1) is 5.56 Å². The third-order valence-electron chi connectivity index (χ3n) is 5.38. The number of amides is 2. The largest absolute Gasteiger partial charge is 0.352 e. The molecule has 2 aromatic rings. The lowest BCUT2D eigenvalue weighted by molar-refractivity contribution is -0.116. The van der Waals surface area contributed by atoms with Gasteiger partial charge in [0, 0.05) is 57.1 Å². The SMILES string of the molecule is CC(=O)N1CCc2cc(C(=O)N3CCN(c4ncccc4C#N)CC3)ccc21. The molecule has 2 aliphatic heterocycles. The maximum atomic E-state index is 12.9. The number of carbonyl (C=O) groups is 2. The van der Waals surface area contributed by atoms with Gasteiger partial charge in [-0.15, -0.1) is 0 Å². The Morgan fingerprint density at radius 2 is 1.89 bits per heavy atom. The zero-order valence-corrected chi connectivity index (χ0v) is 15.8. The fourth-order valence-corrected chi connectivity index (χ4v) is 3.90. The van der Waals surface area contributed by atoms with Gasteiger partial charge in [-0.3, -0.25) is 9.59 Å². The van der Waals surface area contributed by atoms with Gasteiger partial charge >= 0.3 is 0 Å². The normalized spacial score (nSPS) is 15.9. The van der Waals surface area contributed by atoms with E-state index < -0.39 is 0 Å². The monoisotopic (exact) mass is 375 g/mol. The number of piperazine rings is 1. The van der Waals surface area contributed by atoms with E-state index in [1.807, 2.05) is 17.0 Å². The number of rotatable bonds is 2. The Balaban J connectivity index is 1.45. The predicted octanol–water partition coefficient (Wildman–Crippen LogP) is 1.82. The number of aromatic nitrogens is 1. The molecule has 7 heteroatoms. The molecule has 0 spiro atoms. The van der Waals surface area contributed by atoms with Crippen molar-refractivity contribution in [1.29, 1.82) is 5.26 Å². The molecule has 0 radical (unpaired) electrons. The fraction of sp³-hybridized carbons (Fsp3) is 0.333. The number of pyridine rings is 1. The summed E-state index contributed by atoms with van der Waals surface area (Å²) in [6.45, 7) is 4.67. The van der Waals surface area contributed by atoms with Crippen LogP contribution >= 0.6 is 0 Å². The number of hydrogen-bond acceptors (Lipinski definition) is 5. The maximum Gasteiger partial charge on any atom is 0.253 e. The van der Waals surface area contributed by atoms with Crippen LogP contribution in [0.4, 0.5) is 11.5 Å². The van der Waals surface area contributed by atoms with Gasteiger partial charge in [-0.05, 0) is 42.3 Å². The molecular weight excluding hydrogens is 354 g/mol. The Labute approximate surface area is 163 Å². The molecule has 1 aromatic heterocycles. The van der Waals surface area contributed by atoms with Crippen LogP contribution in [0.1, 0.15) is 28.4 Å². The first-order chi connectivity index (χ1) is 13.6. The summed E-state index contributed by atoms with van der Waals surface area (Å²) in [4.78, 5) is 34.6. The van der Waals surface area contributed by atoms with E-state index in [2.05, 4.69) is 16.0 Å². The van der Waals surface area contributed by atoms with Gasteiger partial charge in [-0.25, -0.2) is 4.98 Å². The highest BCUT2D eigenvalue weighted by atomic mass is 16.2. The minimum atomic E-state index is 0.00486. The summed E-state index contributed by atoms with van der Waals surface area (Å²) in [5.74, 6) is 0.712. The van der Waals surface area contributed by atoms with Crippen LogP contribution in [-0.4, -0.2) is 54.4 Å². The van der Waals surface area contributed by atoms with E-state index in [4.69, 9.17) is 0 Å². The standard InChI is InChI=1S/C21H21N5O2/c1-15(27)26-8-6-16-13-17(4-5-19(16)26)21(28)25-11-9-24(10-12-25)20-18(14-22)3-2-7-23-20/h2-5,7,13H,6,8-12H2,1H3. The van der Waals surface area contributed by atoms with Crippen LogP contribution < -0.4 is 9.80 Å². The topological polar surface area (TPSA) is 80.5 Å². The highest BCUT2D eigenvalue weighted by Crippen LogP contribution is 2.29. The quantitative estimate of drug-likeness (QED) is 0.800. The number of hydrogen-bond donors (Lipinski definition) is 0. The summed E-state index contributed by atoms with van der Waals surface area (Å²) in [6.07, 6.45) is 2.46. The van der Waals surface area contributed by atoms with Gasteiger partial charge in [0.15, 0.2) is 0 Å². The van der Waals surface area contributed by atoms with Gasteiger partial charge in [-0.2, -0.15) is 5.26 Å². The van der Waals surface area contributed by atoms with Crippen molar-refractivity contribution in [2.75, 3.05) is 42.5 Å². The number of carbonyl (C=O) groups excluding carboxylic acids is 2. The molecule has 0 unspecified atom stereocenters. The maximum absolute atomic E-state index is 12.9. The Hall–Kier alpha value is -3.40. The van der Waals surface area contributed by atoms with Crippen LogP contribution in [0.3, 0.4) is 0 Å². The number of nitriles is 1. The van der Waals surface area contributed by atoms with Crippen molar-refractivity contribution in [3.63, 3.8) is 0 Å². The van der Waals surface area contributed by atoms with E-state index in [1.54, 1.807) is 36.2 Å². The van der Waals surface area contributed by atoms with Crippen molar-refractivity contribution in [1.82, 2.24) is 9.88 Å². The third kappa shape index (κ3) is 3.18. The molecule has 7 nitrogen and oxygen atoms in total. The second-order valence-electron chi connectivity index (χ2n) is 7.03. The van der Waals surface area contributed by atoms with Gasteiger partial charge < -0.3 is 14.7 Å².